The Morgan fingerprint density at radius 1 is 0.978 bits per heavy atom. The highest BCUT2D eigenvalue weighted by Crippen LogP contribution is 2.69. The first kappa shape index (κ1) is 28.9. The lowest BCUT2D eigenvalue weighted by Crippen LogP contribution is -2.56. The zero-order valence-corrected chi connectivity index (χ0v) is 25.9. The van der Waals surface area contributed by atoms with Crippen molar-refractivity contribution in [3.8, 4) is 17.3 Å². The molecule has 2 aromatic heterocycles. The molecule has 6 heterocycles. The third kappa shape index (κ3) is 4.20. The predicted octanol–water partition coefficient (Wildman–Crippen LogP) is 7.18. The Morgan fingerprint density at radius 3 is 2.59 bits per heavy atom. The zero-order valence-electron chi connectivity index (χ0n) is 25.1. The Bertz CT molecular complexity index is 1920. The van der Waals surface area contributed by atoms with Crippen LogP contribution in [0.1, 0.15) is 44.9 Å². The maximum Gasteiger partial charge on any atom is 0.319 e. The minimum atomic E-state index is -2.65. The Morgan fingerprint density at radius 2 is 1.80 bits per heavy atom. The lowest BCUT2D eigenvalue weighted by atomic mass is 9.86. The molecule has 7 nitrogen and oxygen atoms in total. The van der Waals surface area contributed by atoms with Crippen molar-refractivity contribution >= 4 is 39.1 Å². The number of nitrogens with zero attached hydrogens (tertiary/aromatic N) is 5. The van der Waals surface area contributed by atoms with Crippen molar-refractivity contribution in [1.29, 1.82) is 0 Å². The summed E-state index contributed by atoms with van der Waals surface area (Å²) in [6, 6.07) is 8.04. The molecule has 0 N–H and O–H groups in total. The molecule has 46 heavy (non-hydrogen) atoms. The van der Waals surface area contributed by atoms with Crippen molar-refractivity contribution in [2.24, 2.45) is 5.41 Å². The molecule has 0 radical (unpaired) electrons. The van der Waals surface area contributed by atoms with Crippen molar-refractivity contribution in [1.82, 2.24) is 19.9 Å². The summed E-state index contributed by atoms with van der Waals surface area (Å²) in [5.74, 6) is -3.47. The van der Waals surface area contributed by atoms with Crippen LogP contribution in [0.3, 0.4) is 0 Å². The van der Waals surface area contributed by atoms with Crippen LogP contribution in [0.5, 0.6) is 6.01 Å². The summed E-state index contributed by atoms with van der Waals surface area (Å²) in [7, 11) is 0. The maximum absolute atomic E-state index is 16.7. The van der Waals surface area contributed by atoms with Crippen LogP contribution in [0.2, 0.25) is 5.02 Å². The standard InChI is InChI=1S/C34H32ClF4N5O2/c35-25-23(36)7-6-20-4-1-5-21(24(20)25)27-26(37)28-22(14-40-27)29(43-11-3-9-33(18-43)10-13-46-33)42-30(41-28)45-19-32-8-2-12-44(32)17-31(15-32)16-34(31,38)39/h1,4-7,14H,2-3,8-13,15-19H2/t31-,32-,33?/m0/s1. The number of ether oxygens (including phenoxy) is 2. The van der Waals surface area contributed by atoms with E-state index in [1.54, 1.807) is 30.5 Å². The minimum absolute atomic E-state index is 0.0144. The summed E-state index contributed by atoms with van der Waals surface area (Å²) in [4.78, 5) is 18.1. The fourth-order valence-corrected chi connectivity index (χ4v) is 8.94. The van der Waals surface area contributed by atoms with E-state index in [1.165, 1.54) is 6.07 Å². The molecule has 9 rings (SSSR count). The molecule has 240 valence electrons. The molecule has 0 amide bonds. The van der Waals surface area contributed by atoms with Gasteiger partial charge in [-0.25, -0.2) is 17.6 Å². The number of alkyl halides is 2. The summed E-state index contributed by atoms with van der Waals surface area (Å²) >= 11 is 6.40. The monoisotopic (exact) mass is 653 g/mol. The first-order valence-corrected chi connectivity index (χ1v) is 16.4. The van der Waals surface area contributed by atoms with Gasteiger partial charge >= 0.3 is 6.01 Å². The molecule has 5 fully saturated rings. The molecular weight excluding hydrogens is 622 g/mol. The second-order valence-electron chi connectivity index (χ2n) is 14.0. The van der Waals surface area contributed by atoms with E-state index in [2.05, 4.69) is 19.8 Å². The van der Waals surface area contributed by atoms with Crippen LogP contribution in [0.25, 0.3) is 32.9 Å². The van der Waals surface area contributed by atoms with Gasteiger partial charge in [0.25, 0.3) is 5.92 Å². The van der Waals surface area contributed by atoms with Gasteiger partial charge in [0.1, 0.15) is 29.5 Å². The van der Waals surface area contributed by atoms with Crippen molar-refractivity contribution in [2.45, 2.75) is 62.0 Å². The highest BCUT2D eigenvalue weighted by Gasteiger charge is 2.77. The first-order valence-electron chi connectivity index (χ1n) is 16.0. The molecule has 2 spiro atoms. The molecular formula is C34H32ClF4N5O2. The minimum Gasteiger partial charge on any atom is -0.461 e. The number of hydrogen-bond donors (Lipinski definition) is 0. The summed E-state index contributed by atoms with van der Waals surface area (Å²) in [6.45, 7) is 3.24. The molecule has 5 aliphatic rings. The number of benzene rings is 2. The highest BCUT2D eigenvalue weighted by molar-refractivity contribution is 6.36. The molecule has 4 aromatic rings. The number of hydrogen-bond acceptors (Lipinski definition) is 7. The van der Waals surface area contributed by atoms with Crippen molar-refractivity contribution in [3.05, 3.63) is 53.2 Å². The highest BCUT2D eigenvalue weighted by atomic mass is 35.5. The number of fused-ring (bicyclic) bond motifs is 3. The molecule has 0 bridgehead atoms. The Hall–Kier alpha value is -3.28. The number of pyridine rings is 1. The third-order valence-electron chi connectivity index (χ3n) is 11.2. The number of piperidine rings is 1. The fourth-order valence-electron chi connectivity index (χ4n) is 8.66. The average Bonchev–Trinajstić information content (AvgIpc) is 3.26. The Kier molecular flexibility index (Phi) is 6.20. The Balaban J connectivity index is 1.14. The van der Waals surface area contributed by atoms with E-state index in [9.17, 15) is 13.2 Å². The van der Waals surface area contributed by atoms with Crippen LogP contribution < -0.4 is 9.64 Å². The molecule has 1 saturated carbocycles. The van der Waals surface area contributed by atoms with Crippen LogP contribution in [0.15, 0.2) is 36.5 Å². The van der Waals surface area contributed by atoms with E-state index in [0.717, 1.165) is 38.6 Å². The van der Waals surface area contributed by atoms with E-state index in [1.807, 2.05) is 0 Å². The lowest BCUT2D eigenvalue weighted by molar-refractivity contribution is -0.151. The topological polar surface area (TPSA) is 63.6 Å². The molecule has 4 aliphatic heterocycles. The summed E-state index contributed by atoms with van der Waals surface area (Å²) in [5, 5.41) is 1.30. The smallest absolute Gasteiger partial charge is 0.319 e. The molecule has 1 unspecified atom stereocenters. The van der Waals surface area contributed by atoms with E-state index >= 15 is 4.39 Å². The van der Waals surface area contributed by atoms with Gasteiger partial charge in [-0.05, 0) is 50.1 Å². The predicted molar refractivity (Wildman–Crippen MR) is 166 cm³/mol. The summed E-state index contributed by atoms with van der Waals surface area (Å²) < 4.78 is 72.5. The van der Waals surface area contributed by atoms with Crippen LogP contribution in [0, 0.1) is 17.0 Å². The maximum atomic E-state index is 16.7. The van der Waals surface area contributed by atoms with Gasteiger partial charge in [0.15, 0.2) is 5.82 Å². The van der Waals surface area contributed by atoms with Gasteiger partial charge < -0.3 is 14.4 Å². The van der Waals surface area contributed by atoms with Crippen LogP contribution in [-0.2, 0) is 4.74 Å². The van der Waals surface area contributed by atoms with E-state index < -0.39 is 28.5 Å². The van der Waals surface area contributed by atoms with E-state index in [-0.39, 0.29) is 40.9 Å². The van der Waals surface area contributed by atoms with Gasteiger partial charge in [-0.2, -0.15) is 9.97 Å². The van der Waals surface area contributed by atoms with Crippen LogP contribution in [-0.4, -0.2) is 76.3 Å². The SMILES string of the molecule is Fc1ccc2cccc(-c3ncc4c(N5CCCC6(CCO6)C5)nc(OC[C@@]56CCCN5C[C@@]5(CC5(F)F)C6)nc4c3F)c2c1Cl. The number of rotatable bonds is 5. The van der Waals surface area contributed by atoms with Crippen molar-refractivity contribution in [2.75, 3.05) is 44.3 Å². The van der Waals surface area contributed by atoms with Crippen molar-refractivity contribution < 1.29 is 27.0 Å². The third-order valence-corrected chi connectivity index (χ3v) is 11.6. The molecule has 2 aromatic carbocycles. The normalized spacial score (nSPS) is 30.0. The second kappa shape index (κ2) is 9.87. The fraction of sp³-hybridized carbons (Fsp3) is 0.500. The van der Waals surface area contributed by atoms with Gasteiger partial charge in [0.05, 0.1) is 33.6 Å². The zero-order chi connectivity index (χ0) is 31.5. The second-order valence-corrected chi connectivity index (χ2v) is 14.3. The Labute approximate surface area is 267 Å². The van der Waals surface area contributed by atoms with Gasteiger partial charge in [-0.15, -0.1) is 0 Å². The van der Waals surface area contributed by atoms with Crippen LogP contribution >= 0.6 is 11.6 Å². The summed E-state index contributed by atoms with van der Waals surface area (Å²) in [6.07, 6.45) is 6.24. The van der Waals surface area contributed by atoms with Gasteiger partial charge in [0, 0.05) is 49.6 Å². The number of halogens is 5. The van der Waals surface area contributed by atoms with E-state index in [0.29, 0.717) is 60.2 Å². The molecule has 3 atom stereocenters. The number of aromatic nitrogens is 3. The average molecular weight is 654 g/mol. The summed E-state index contributed by atoms with van der Waals surface area (Å²) in [5.41, 5.74) is -1.44. The largest absolute Gasteiger partial charge is 0.461 e. The van der Waals surface area contributed by atoms with Crippen LogP contribution in [0.4, 0.5) is 23.4 Å². The molecule has 4 saturated heterocycles. The van der Waals surface area contributed by atoms with E-state index in [4.69, 9.17) is 26.1 Å². The molecule has 1 aliphatic carbocycles. The van der Waals surface area contributed by atoms with Gasteiger partial charge in [-0.3, -0.25) is 9.88 Å². The number of anilines is 1. The molecule has 12 heteroatoms. The van der Waals surface area contributed by atoms with Gasteiger partial charge in [0.2, 0.25) is 0 Å². The first-order chi connectivity index (χ1) is 22.1. The quantitative estimate of drug-likeness (QED) is 0.212. The van der Waals surface area contributed by atoms with Crippen molar-refractivity contribution in [3.63, 3.8) is 0 Å². The lowest BCUT2D eigenvalue weighted by Gasteiger charge is -2.48. The van der Waals surface area contributed by atoms with Gasteiger partial charge in [-0.1, -0.05) is 35.9 Å².